The van der Waals surface area contributed by atoms with Crippen LogP contribution in [0.5, 0.6) is 0 Å². The molecule has 1 aliphatic rings. The number of morpholine rings is 1. The summed E-state index contributed by atoms with van der Waals surface area (Å²) in [6.45, 7) is 3.86. The summed E-state index contributed by atoms with van der Waals surface area (Å²) in [5.74, 6) is 0.104. The van der Waals surface area contributed by atoms with Gasteiger partial charge >= 0.3 is 0 Å². The number of rotatable bonds is 7. The first-order valence-corrected chi connectivity index (χ1v) is 10.4. The van der Waals surface area contributed by atoms with Crippen LogP contribution < -0.4 is 5.32 Å². The molecule has 0 bridgehead atoms. The van der Waals surface area contributed by atoms with E-state index in [2.05, 4.69) is 64.8 Å². The number of fused-ring (bicyclic) bond motifs is 1. The monoisotopic (exact) mass is 388 g/mol. The van der Waals surface area contributed by atoms with Crippen molar-refractivity contribution in [2.24, 2.45) is 0 Å². The van der Waals surface area contributed by atoms with Crippen molar-refractivity contribution in [1.82, 2.24) is 10.2 Å². The van der Waals surface area contributed by atoms with E-state index in [1.54, 1.807) is 0 Å². The summed E-state index contributed by atoms with van der Waals surface area (Å²) in [6, 6.07) is 25.2. The molecule has 3 aromatic rings. The summed E-state index contributed by atoms with van der Waals surface area (Å²) in [5, 5.41) is 5.68. The van der Waals surface area contributed by atoms with Crippen molar-refractivity contribution in [2.45, 2.75) is 18.9 Å². The Labute approximate surface area is 172 Å². The van der Waals surface area contributed by atoms with E-state index in [-0.39, 0.29) is 11.9 Å². The molecular weight excluding hydrogens is 360 g/mol. The number of nitrogens with one attached hydrogen (secondary N) is 1. The molecule has 0 saturated carbocycles. The van der Waals surface area contributed by atoms with Crippen molar-refractivity contribution in [2.75, 3.05) is 32.8 Å². The Morgan fingerprint density at radius 2 is 1.66 bits per heavy atom. The molecule has 3 aromatic carbocycles. The molecule has 0 aliphatic carbocycles. The Hall–Kier alpha value is -2.69. The van der Waals surface area contributed by atoms with Crippen LogP contribution in [0, 0.1) is 0 Å². The molecule has 0 spiro atoms. The van der Waals surface area contributed by atoms with E-state index in [0.717, 1.165) is 32.7 Å². The van der Waals surface area contributed by atoms with Crippen LogP contribution in [0.2, 0.25) is 0 Å². The number of carbonyl (C=O) groups excluding carboxylic acids is 1. The number of nitrogens with zero attached hydrogens (tertiary/aromatic N) is 1. The van der Waals surface area contributed by atoms with Crippen molar-refractivity contribution < 1.29 is 9.53 Å². The van der Waals surface area contributed by atoms with Gasteiger partial charge in [0.2, 0.25) is 5.91 Å². The highest BCUT2D eigenvalue weighted by Crippen LogP contribution is 2.28. The minimum absolute atomic E-state index is 0.104. The topological polar surface area (TPSA) is 41.6 Å². The number of ether oxygens (including phenoxy) is 1. The Morgan fingerprint density at radius 3 is 2.48 bits per heavy atom. The number of aryl methyl sites for hydroxylation is 1. The van der Waals surface area contributed by atoms with Crippen molar-refractivity contribution in [3.05, 3.63) is 83.9 Å². The minimum atomic E-state index is 0.104. The third-order valence-corrected chi connectivity index (χ3v) is 5.64. The highest BCUT2D eigenvalue weighted by molar-refractivity contribution is 5.86. The van der Waals surface area contributed by atoms with Crippen molar-refractivity contribution >= 4 is 16.7 Å². The van der Waals surface area contributed by atoms with Gasteiger partial charge in [-0.3, -0.25) is 9.69 Å². The van der Waals surface area contributed by atoms with Crippen LogP contribution in [-0.4, -0.2) is 43.7 Å². The molecule has 4 heteroatoms. The van der Waals surface area contributed by atoms with E-state index in [0.29, 0.717) is 13.0 Å². The molecule has 0 aromatic heterocycles. The predicted molar refractivity (Wildman–Crippen MR) is 117 cm³/mol. The van der Waals surface area contributed by atoms with Crippen molar-refractivity contribution in [1.29, 1.82) is 0 Å². The third kappa shape index (κ3) is 5.03. The van der Waals surface area contributed by atoms with E-state index in [1.807, 2.05) is 18.2 Å². The predicted octanol–water partition coefficient (Wildman–Crippen LogP) is 3.96. The lowest BCUT2D eigenvalue weighted by molar-refractivity contribution is -0.121. The molecule has 1 aliphatic heterocycles. The molecule has 1 saturated heterocycles. The van der Waals surface area contributed by atoms with Crippen LogP contribution in [0.25, 0.3) is 10.8 Å². The standard InChI is InChI=1S/C25H28N2O2/c28-25(14-13-20-7-2-1-3-8-20)26-19-24(27-15-17-29-18-16-27)23-12-6-10-21-9-4-5-11-22(21)23/h1-12,24H,13-19H2,(H,26,28)/t24-/m0/s1. The van der Waals surface area contributed by atoms with Gasteiger partial charge in [0.1, 0.15) is 0 Å². The van der Waals surface area contributed by atoms with Gasteiger partial charge in [0.05, 0.1) is 19.3 Å². The van der Waals surface area contributed by atoms with Gasteiger partial charge in [-0.1, -0.05) is 72.8 Å². The lowest BCUT2D eigenvalue weighted by Gasteiger charge is -2.35. The maximum atomic E-state index is 12.5. The Kier molecular flexibility index (Phi) is 6.55. The maximum Gasteiger partial charge on any atom is 0.220 e. The molecule has 1 N–H and O–H groups in total. The quantitative estimate of drug-likeness (QED) is 0.666. The average molecular weight is 389 g/mol. The fourth-order valence-electron chi connectivity index (χ4n) is 4.07. The first-order chi connectivity index (χ1) is 14.3. The van der Waals surface area contributed by atoms with Gasteiger partial charge in [-0.15, -0.1) is 0 Å². The molecule has 4 rings (SSSR count). The van der Waals surface area contributed by atoms with Crippen molar-refractivity contribution in [3.63, 3.8) is 0 Å². The smallest absolute Gasteiger partial charge is 0.220 e. The zero-order valence-electron chi connectivity index (χ0n) is 16.7. The first-order valence-electron chi connectivity index (χ1n) is 10.4. The van der Waals surface area contributed by atoms with Crippen molar-refractivity contribution in [3.8, 4) is 0 Å². The molecule has 0 radical (unpaired) electrons. The summed E-state index contributed by atoms with van der Waals surface area (Å²) in [4.78, 5) is 15.0. The van der Waals surface area contributed by atoms with E-state index in [4.69, 9.17) is 4.74 Å². The summed E-state index contributed by atoms with van der Waals surface area (Å²) < 4.78 is 5.56. The normalized spacial score (nSPS) is 15.9. The Bertz CT molecular complexity index is 930. The Morgan fingerprint density at radius 1 is 0.931 bits per heavy atom. The second-order valence-electron chi connectivity index (χ2n) is 7.52. The molecule has 1 atom stereocenters. The molecule has 1 heterocycles. The van der Waals surface area contributed by atoms with Crippen LogP contribution in [0.15, 0.2) is 72.8 Å². The average Bonchev–Trinajstić information content (AvgIpc) is 2.79. The van der Waals surface area contributed by atoms with Gasteiger partial charge in [-0.25, -0.2) is 0 Å². The van der Waals surface area contributed by atoms with Crippen LogP contribution in [0.4, 0.5) is 0 Å². The van der Waals surface area contributed by atoms with Crippen LogP contribution in [0.1, 0.15) is 23.6 Å². The second-order valence-corrected chi connectivity index (χ2v) is 7.52. The second kappa shape index (κ2) is 9.68. The molecule has 0 unspecified atom stereocenters. The first kappa shape index (κ1) is 19.6. The number of benzene rings is 3. The SMILES string of the molecule is O=C(CCc1ccccc1)NC[C@@H](c1cccc2ccccc12)N1CCOCC1. The number of carbonyl (C=O) groups is 1. The minimum Gasteiger partial charge on any atom is -0.379 e. The molecule has 29 heavy (non-hydrogen) atoms. The number of amides is 1. The van der Waals surface area contributed by atoms with Crippen LogP contribution in [-0.2, 0) is 16.0 Å². The van der Waals surface area contributed by atoms with Gasteiger partial charge in [-0.2, -0.15) is 0 Å². The number of hydrogen-bond acceptors (Lipinski definition) is 3. The largest absolute Gasteiger partial charge is 0.379 e. The summed E-state index contributed by atoms with van der Waals surface area (Å²) in [7, 11) is 0. The summed E-state index contributed by atoms with van der Waals surface area (Å²) in [5.41, 5.74) is 2.47. The van der Waals surface area contributed by atoms with Gasteiger partial charge in [-0.05, 0) is 28.3 Å². The fraction of sp³-hybridized carbons (Fsp3) is 0.320. The fourth-order valence-corrected chi connectivity index (χ4v) is 4.07. The van der Waals surface area contributed by atoms with Gasteiger partial charge in [0, 0.05) is 26.1 Å². The maximum absolute atomic E-state index is 12.5. The van der Waals surface area contributed by atoms with E-state index in [1.165, 1.54) is 21.9 Å². The van der Waals surface area contributed by atoms with Gasteiger partial charge < -0.3 is 10.1 Å². The van der Waals surface area contributed by atoms with Crippen LogP contribution in [0.3, 0.4) is 0 Å². The molecule has 150 valence electrons. The highest BCUT2D eigenvalue weighted by Gasteiger charge is 2.24. The zero-order chi connectivity index (χ0) is 19.9. The summed E-state index contributed by atoms with van der Waals surface area (Å²) in [6.07, 6.45) is 1.28. The zero-order valence-corrected chi connectivity index (χ0v) is 16.7. The molecule has 1 fully saturated rings. The lowest BCUT2D eigenvalue weighted by Crippen LogP contribution is -2.44. The van der Waals surface area contributed by atoms with Gasteiger partial charge in [0.25, 0.3) is 0 Å². The Balaban J connectivity index is 1.48. The highest BCUT2D eigenvalue weighted by atomic mass is 16.5. The molecular formula is C25H28N2O2. The lowest BCUT2D eigenvalue weighted by atomic mass is 9.97. The number of hydrogen-bond donors (Lipinski definition) is 1. The molecule has 4 nitrogen and oxygen atoms in total. The molecule has 1 amide bonds. The van der Waals surface area contributed by atoms with E-state index < -0.39 is 0 Å². The summed E-state index contributed by atoms with van der Waals surface area (Å²) >= 11 is 0. The van der Waals surface area contributed by atoms with E-state index >= 15 is 0 Å². The third-order valence-electron chi connectivity index (χ3n) is 5.64. The van der Waals surface area contributed by atoms with E-state index in [9.17, 15) is 4.79 Å². The van der Waals surface area contributed by atoms with Crippen LogP contribution >= 0.6 is 0 Å². The van der Waals surface area contributed by atoms with Gasteiger partial charge in [0.15, 0.2) is 0 Å².